The van der Waals surface area contributed by atoms with Crippen molar-refractivity contribution in [1.82, 2.24) is 15.0 Å². The van der Waals surface area contributed by atoms with Crippen LogP contribution in [0.1, 0.15) is 27.0 Å². The van der Waals surface area contributed by atoms with Gasteiger partial charge in [-0.15, -0.1) is 0 Å². The first-order valence-corrected chi connectivity index (χ1v) is 10.3. The predicted molar refractivity (Wildman–Crippen MR) is 121 cm³/mol. The van der Waals surface area contributed by atoms with Crippen LogP contribution in [0, 0.1) is 6.92 Å². The predicted octanol–water partition coefficient (Wildman–Crippen LogP) is 6.62. The molecule has 0 fully saturated rings. The topological polar surface area (TPSA) is 70.7 Å². The molecule has 0 aliphatic rings. The first kappa shape index (κ1) is 22.5. The number of halogens is 4. The van der Waals surface area contributed by atoms with Gasteiger partial charge in [0.25, 0.3) is 0 Å². The molecule has 0 saturated heterocycles. The summed E-state index contributed by atoms with van der Waals surface area (Å²) >= 11 is 5.67. The number of alkyl halides is 3. The Balaban J connectivity index is 1.55. The molecular formula is C24H18ClF3N4O. The number of aryl methyl sites for hydroxylation is 1. The number of benzene rings is 2. The van der Waals surface area contributed by atoms with Crippen molar-refractivity contribution in [2.24, 2.45) is 0 Å². The molecule has 5 nitrogen and oxygen atoms in total. The first-order chi connectivity index (χ1) is 15.7. The van der Waals surface area contributed by atoms with Crippen LogP contribution in [-0.2, 0) is 12.6 Å². The number of aromatic nitrogens is 3. The van der Waals surface area contributed by atoms with Crippen molar-refractivity contribution in [2.45, 2.75) is 19.5 Å². The Morgan fingerprint density at radius 2 is 1.94 bits per heavy atom. The molecule has 0 unspecified atom stereocenters. The molecule has 0 saturated carbocycles. The number of hydrogen-bond donors (Lipinski definition) is 2. The fraction of sp³-hybridized carbons (Fsp3) is 0.125. The summed E-state index contributed by atoms with van der Waals surface area (Å²) in [5.41, 5.74) is 2.64. The number of aromatic amines is 1. The Kier molecular flexibility index (Phi) is 6.20. The highest BCUT2D eigenvalue weighted by molar-refractivity contribution is 6.31. The quantitative estimate of drug-likeness (QED) is 0.311. The van der Waals surface area contributed by atoms with E-state index in [2.05, 4.69) is 20.3 Å². The number of ketones is 1. The molecule has 0 aliphatic carbocycles. The maximum atomic E-state index is 13.1. The average molecular weight is 471 g/mol. The summed E-state index contributed by atoms with van der Waals surface area (Å²) in [5.74, 6) is 0.0249. The molecule has 4 aromatic rings. The molecule has 168 valence electrons. The van der Waals surface area contributed by atoms with E-state index in [0.717, 1.165) is 23.4 Å². The van der Waals surface area contributed by atoms with Crippen molar-refractivity contribution in [3.05, 3.63) is 94.3 Å². The molecular weight excluding hydrogens is 453 g/mol. The maximum absolute atomic E-state index is 13.1. The van der Waals surface area contributed by atoms with Crippen LogP contribution in [0.2, 0.25) is 5.02 Å². The van der Waals surface area contributed by atoms with Crippen molar-refractivity contribution in [2.75, 3.05) is 5.32 Å². The van der Waals surface area contributed by atoms with Crippen molar-refractivity contribution < 1.29 is 18.0 Å². The smallest absolute Gasteiger partial charge is 0.360 e. The van der Waals surface area contributed by atoms with Crippen molar-refractivity contribution in [3.8, 4) is 11.4 Å². The Morgan fingerprint density at radius 3 is 2.67 bits per heavy atom. The van der Waals surface area contributed by atoms with Gasteiger partial charge in [0.1, 0.15) is 0 Å². The number of hydrogen-bond acceptors (Lipinski definition) is 4. The third-order valence-electron chi connectivity index (χ3n) is 5.04. The fourth-order valence-electron chi connectivity index (χ4n) is 3.30. The van der Waals surface area contributed by atoms with Crippen molar-refractivity contribution >= 4 is 29.0 Å². The molecule has 33 heavy (non-hydrogen) atoms. The van der Waals surface area contributed by atoms with Gasteiger partial charge in [-0.05, 0) is 54.4 Å². The lowest BCUT2D eigenvalue weighted by molar-refractivity contribution is -0.137. The Hall–Kier alpha value is -3.65. The minimum atomic E-state index is -4.59. The van der Waals surface area contributed by atoms with Crippen LogP contribution >= 0.6 is 11.6 Å². The van der Waals surface area contributed by atoms with E-state index in [1.807, 2.05) is 19.1 Å². The number of carbonyl (C=O) groups excluding carboxylic acids is 1. The van der Waals surface area contributed by atoms with Crippen LogP contribution in [0.15, 0.2) is 67.0 Å². The zero-order valence-corrected chi connectivity index (χ0v) is 18.1. The minimum absolute atomic E-state index is 0.193. The summed E-state index contributed by atoms with van der Waals surface area (Å²) in [4.78, 5) is 24.6. The highest BCUT2D eigenvalue weighted by Crippen LogP contribution is 2.35. The van der Waals surface area contributed by atoms with E-state index in [-0.39, 0.29) is 17.8 Å². The molecule has 0 aliphatic heterocycles. The Bertz CT molecular complexity index is 1300. The lowest BCUT2D eigenvalue weighted by Crippen LogP contribution is -2.09. The van der Waals surface area contributed by atoms with Gasteiger partial charge in [-0.3, -0.25) is 4.79 Å². The van der Waals surface area contributed by atoms with Gasteiger partial charge in [0.2, 0.25) is 5.95 Å². The highest BCUT2D eigenvalue weighted by Gasteiger charge is 2.33. The van der Waals surface area contributed by atoms with E-state index in [1.54, 1.807) is 36.7 Å². The van der Waals surface area contributed by atoms with E-state index >= 15 is 0 Å². The van der Waals surface area contributed by atoms with E-state index in [9.17, 15) is 18.0 Å². The minimum Gasteiger partial charge on any atom is -0.360 e. The van der Waals surface area contributed by atoms with Gasteiger partial charge in [-0.25, -0.2) is 9.97 Å². The number of anilines is 2. The van der Waals surface area contributed by atoms with E-state index < -0.39 is 16.8 Å². The maximum Gasteiger partial charge on any atom is 0.417 e. The third kappa shape index (κ3) is 5.23. The first-order valence-electron chi connectivity index (χ1n) is 9.94. The van der Waals surface area contributed by atoms with Crippen molar-refractivity contribution in [1.29, 1.82) is 0 Å². The van der Waals surface area contributed by atoms with Gasteiger partial charge in [0.05, 0.1) is 22.0 Å². The summed E-state index contributed by atoms with van der Waals surface area (Å²) in [6, 6.07) is 14.0. The normalized spacial score (nSPS) is 11.4. The average Bonchev–Trinajstić information content (AvgIpc) is 3.31. The second kappa shape index (κ2) is 9.07. The lowest BCUT2D eigenvalue weighted by Gasteiger charge is -2.12. The van der Waals surface area contributed by atoms with Gasteiger partial charge < -0.3 is 10.3 Å². The summed E-state index contributed by atoms with van der Waals surface area (Å²) in [6.45, 7) is 1.86. The SMILES string of the molecule is Cc1ccc(C(=O)Cc2ccc(Cl)c(C(F)(F)F)c2)cc1Nc1nccc(-c2ccc[nH]2)n1. The van der Waals surface area contributed by atoms with Gasteiger partial charge in [-0.1, -0.05) is 29.8 Å². The van der Waals surface area contributed by atoms with Crippen LogP contribution in [0.25, 0.3) is 11.4 Å². The summed E-state index contributed by atoms with van der Waals surface area (Å²) in [5, 5.41) is 2.71. The van der Waals surface area contributed by atoms with Gasteiger partial charge >= 0.3 is 6.18 Å². The van der Waals surface area contributed by atoms with E-state index in [1.165, 1.54) is 6.07 Å². The molecule has 2 heterocycles. The van der Waals surface area contributed by atoms with Crippen LogP contribution in [0.5, 0.6) is 0 Å². The van der Waals surface area contributed by atoms with Gasteiger partial charge in [0.15, 0.2) is 5.78 Å². The Labute approximate surface area is 192 Å². The molecule has 9 heteroatoms. The summed E-state index contributed by atoms with van der Waals surface area (Å²) < 4.78 is 39.4. The highest BCUT2D eigenvalue weighted by atomic mass is 35.5. The fourth-order valence-corrected chi connectivity index (χ4v) is 3.52. The van der Waals surface area contributed by atoms with Crippen LogP contribution < -0.4 is 5.32 Å². The molecule has 2 aromatic carbocycles. The molecule has 2 aromatic heterocycles. The summed E-state index contributed by atoms with van der Waals surface area (Å²) in [7, 11) is 0. The van der Waals surface area contributed by atoms with E-state index in [4.69, 9.17) is 11.6 Å². The second-order valence-corrected chi connectivity index (χ2v) is 7.82. The molecule has 4 rings (SSSR count). The number of carbonyl (C=O) groups is 1. The number of nitrogens with zero attached hydrogens (tertiary/aromatic N) is 2. The van der Waals surface area contributed by atoms with Crippen molar-refractivity contribution in [3.63, 3.8) is 0 Å². The summed E-state index contributed by atoms with van der Waals surface area (Å²) in [6.07, 6.45) is -1.37. The molecule has 0 radical (unpaired) electrons. The van der Waals surface area contributed by atoms with E-state index in [0.29, 0.717) is 22.9 Å². The van der Waals surface area contributed by atoms with Gasteiger partial charge in [-0.2, -0.15) is 13.2 Å². The molecule has 0 bridgehead atoms. The molecule has 0 spiro atoms. The number of Topliss-reactive ketones (excluding diaryl/α,β-unsaturated/α-hetero) is 1. The zero-order valence-electron chi connectivity index (χ0n) is 17.4. The standard InChI is InChI=1S/C24H18ClF3N4O/c1-14-4-6-16(22(33)12-15-5-7-18(25)17(11-15)24(26,27)28)13-21(14)32-23-30-10-8-20(31-23)19-3-2-9-29-19/h2-11,13,29H,12H2,1H3,(H,30,31,32). The van der Waals surface area contributed by atoms with Crippen LogP contribution in [-0.4, -0.2) is 20.7 Å². The number of nitrogens with one attached hydrogen (secondary N) is 2. The Morgan fingerprint density at radius 1 is 1.12 bits per heavy atom. The van der Waals surface area contributed by atoms with Gasteiger partial charge in [0, 0.05) is 30.1 Å². The lowest BCUT2D eigenvalue weighted by atomic mass is 9.99. The molecule has 0 amide bonds. The third-order valence-corrected chi connectivity index (χ3v) is 5.37. The monoisotopic (exact) mass is 470 g/mol. The number of rotatable bonds is 6. The zero-order chi connectivity index (χ0) is 23.6. The molecule has 0 atom stereocenters. The number of H-pyrrole nitrogens is 1. The van der Waals surface area contributed by atoms with Crippen LogP contribution in [0.4, 0.5) is 24.8 Å². The molecule has 2 N–H and O–H groups in total. The van der Waals surface area contributed by atoms with Crippen LogP contribution in [0.3, 0.4) is 0 Å². The second-order valence-electron chi connectivity index (χ2n) is 7.42. The largest absolute Gasteiger partial charge is 0.417 e.